The molecule has 2 atom stereocenters. The summed E-state index contributed by atoms with van der Waals surface area (Å²) in [7, 11) is 0. The van der Waals surface area contributed by atoms with E-state index in [0.29, 0.717) is 12.3 Å². The first-order chi connectivity index (χ1) is 6.31. The molecule has 1 saturated carbocycles. The summed E-state index contributed by atoms with van der Waals surface area (Å²) in [5, 5.41) is 8.93. The molecule has 0 amide bonds. The zero-order valence-electron chi connectivity index (χ0n) is 7.62. The molecule has 68 valence electrons. The van der Waals surface area contributed by atoms with Crippen molar-refractivity contribution in [2.45, 2.75) is 32.1 Å². The van der Waals surface area contributed by atoms with E-state index in [2.05, 4.69) is 6.07 Å². The SMILES string of the molecule is N#C[C@H]1CCCC2=CC(=O)CC[C@H]21. The van der Waals surface area contributed by atoms with Gasteiger partial charge in [0.1, 0.15) is 0 Å². The summed E-state index contributed by atoms with van der Waals surface area (Å²) < 4.78 is 0. The highest BCUT2D eigenvalue weighted by Gasteiger charge is 2.31. The van der Waals surface area contributed by atoms with Crippen molar-refractivity contribution in [3.8, 4) is 6.07 Å². The number of allylic oxidation sites excluding steroid dienone is 2. The smallest absolute Gasteiger partial charge is 0.155 e. The molecular formula is C11H13NO. The highest BCUT2D eigenvalue weighted by molar-refractivity contribution is 5.91. The Morgan fingerprint density at radius 1 is 1.38 bits per heavy atom. The van der Waals surface area contributed by atoms with E-state index in [0.717, 1.165) is 25.7 Å². The van der Waals surface area contributed by atoms with Crippen LogP contribution in [0.15, 0.2) is 11.6 Å². The van der Waals surface area contributed by atoms with Crippen LogP contribution >= 0.6 is 0 Å². The van der Waals surface area contributed by atoms with E-state index in [-0.39, 0.29) is 11.7 Å². The fourth-order valence-electron chi connectivity index (χ4n) is 2.47. The first-order valence-corrected chi connectivity index (χ1v) is 4.94. The second kappa shape index (κ2) is 3.33. The van der Waals surface area contributed by atoms with Gasteiger partial charge in [-0.25, -0.2) is 0 Å². The average Bonchev–Trinajstić information content (AvgIpc) is 2.16. The predicted octanol–water partition coefficient (Wildman–Crippen LogP) is 2.22. The molecule has 2 aliphatic carbocycles. The number of carbonyl (C=O) groups is 1. The molecule has 0 aromatic carbocycles. The number of nitriles is 1. The van der Waals surface area contributed by atoms with Crippen LogP contribution in [0.5, 0.6) is 0 Å². The number of ketones is 1. The molecule has 13 heavy (non-hydrogen) atoms. The van der Waals surface area contributed by atoms with Gasteiger partial charge in [0.05, 0.1) is 12.0 Å². The number of hydrogen-bond acceptors (Lipinski definition) is 2. The molecule has 0 aliphatic heterocycles. The van der Waals surface area contributed by atoms with Gasteiger partial charge in [-0.05, 0) is 37.7 Å². The second-order valence-corrected chi connectivity index (χ2v) is 3.96. The van der Waals surface area contributed by atoms with Crippen molar-refractivity contribution in [1.82, 2.24) is 0 Å². The predicted molar refractivity (Wildman–Crippen MR) is 48.8 cm³/mol. The summed E-state index contributed by atoms with van der Waals surface area (Å²) in [6.45, 7) is 0. The molecule has 1 fully saturated rings. The number of fused-ring (bicyclic) bond motifs is 1. The first-order valence-electron chi connectivity index (χ1n) is 4.94. The van der Waals surface area contributed by atoms with Crippen LogP contribution < -0.4 is 0 Å². The zero-order valence-corrected chi connectivity index (χ0v) is 7.62. The second-order valence-electron chi connectivity index (χ2n) is 3.96. The maximum Gasteiger partial charge on any atom is 0.155 e. The van der Waals surface area contributed by atoms with Gasteiger partial charge in [0.15, 0.2) is 5.78 Å². The summed E-state index contributed by atoms with van der Waals surface area (Å²) in [4.78, 5) is 11.2. The molecule has 0 unspecified atom stereocenters. The van der Waals surface area contributed by atoms with Gasteiger partial charge in [0.25, 0.3) is 0 Å². The van der Waals surface area contributed by atoms with E-state index < -0.39 is 0 Å². The summed E-state index contributed by atoms with van der Waals surface area (Å²) in [6.07, 6.45) is 6.47. The molecule has 0 aromatic heterocycles. The minimum absolute atomic E-state index is 0.174. The Kier molecular flexibility index (Phi) is 2.18. The summed E-state index contributed by atoms with van der Waals surface area (Å²) in [6, 6.07) is 2.37. The van der Waals surface area contributed by atoms with Crippen molar-refractivity contribution in [3.05, 3.63) is 11.6 Å². The lowest BCUT2D eigenvalue weighted by Crippen LogP contribution is -2.25. The molecule has 0 bridgehead atoms. The van der Waals surface area contributed by atoms with Crippen LogP contribution in [-0.2, 0) is 4.79 Å². The molecule has 0 radical (unpaired) electrons. The summed E-state index contributed by atoms with van der Waals surface area (Å²) in [5.74, 6) is 0.828. The zero-order chi connectivity index (χ0) is 9.26. The van der Waals surface area contributed by atoms with Gasteiger partial charge in [-0.15, -0.1) is 0 Å². The van der Waals surface area contributed by atoms with Crippen LogP contribution in [0.2, 0.25) is 0 Å². The number of carbonyl (C=O) groups excluding carboxylic acids is 1. The van der Waals surface area contributed by atoms with Gasteiger partial charge in [0, 0.05) is 6.42 Å². The van der Waals surface area contributed by atoms with E-state index in [1.165, 1.54) is 5.57 Å². The minimum Gasteiger partial charge on any atom is -0.295 e. The molecule has 0 heterocycles. The lowest BCUT2D eigenvalue weighted by atomic mass is 9.71. The quantitative estimate of drug-likeness (QED) is 0.566. The lowest BCUT2D eigenvalue weighted by Gasteiger charge is -2.31. The Bertz CT molecular complexity index is 298. The summed E-state index contributed by atoms with van der Waals surface area (Å²) >= 11 is 0. The molecule has 2 heteroatoms. The number of rotatable bonds is 0. The molecule has 0 aromatic rings. The van der Waals surface area contributed by atoms with Crippen molar-refractivity contribution < 1.29 is 4.79 Å². The van der Waals surface area contributed by atoms with Gasteiger partial charge < -0.3 is 0 Å². The van der Waals surface area contributed by atoms with Gasteiger partial charge >= 0.3 is 0 Å². The maximum atomic E-state index is 11.2. The minimum atomic E-state index is 0.174. The van der Waals surface area contributed by atoms with Crippen molar-refractivity contribution in [2.75, 3.05) is 0 Å². The molecule has 2 aliphatic rings. The topological polar surface area (TPSA) is 40.9 Å². The van der Waals surface area contributed by atoms with Gasteiger partial charge in [-0.1, -0.05) is 5.57 Å². The maximum absolute atomic E-state index is 11.2. The monoisotopic (exact) mass is 175 g/mol. The van der Waals surface area contributed by atoms with Crippen LogP contribution in [0.3, 0.4) is 0 Å². The third-order valence-electron chi connectivity index (χ3n) is 3.16. The first kappa shape index (κ1) is 8.50. The Balaban J connectivity index is 2.23. The lowest BCUT2D eigenvalue weighted by molar-refractivity contribution is -0.115. The van der Waals surface area contributed by atoms with Crippen molar-refractivity contribution in [1.29, 1.82) is 5.26 Å². The van der Waals surface area contributed by atoms with Crippen molar-refractivity contribution in [2.24, 2.45) is 11.8 Å². The average molecular weight is 175 g/mol. The van der Waals surface area contributed by atoms with E-state index in [9.17, 15) is 4.79 Å². The van der Waals surface area contributed by atoms with Crippen molar-refractivity contribution >= 4 is 5.78 Å². The standard InChI is InChI=1S/C11H13NO/c12-7-9-3-1-2-8-6-10(13)4-5-11(8)9/h6,9,11H,1-5H2/t9-,11-/m1/s1. The van der Waals surface area contributed by atoms with Gasteiger partial charge in [-0.2, -0.15) is 5.26 Å². The number of hydrogen-bond donors (Lipinski definition) is 0. The molecule has 2 rings (SSSR count). The summed E-state index contributed by atoms with van der Waals surface area (Å²) in [5.41, 5.74) is 1.24. The number of nitrogens with zero attached hydrogens (tertiary/aromatic N) is 1. The normalized spacial score (nSPS) is 33.2. The highest BCUT2D eigenvalue weighted by atomic mass is 16.1. The Morgan fingerprint density at radius 3 is 3.00 bits per heavy atom. The fraction of sp³-hybridized carbons (Fsp3) is 0.636. The van der Waals surface area contributed by atoms with Crippen LogP contribution in [0.1, 0.15) is 32.1 Å². The van der Waals surface area contributed by atoms with E-state index in [4.69, 9.17) is 5.26 Å². The molecule has 0 spiro atoms. The van der Waals surface area contributed by atoms with Crippen LogP contribution in [0, 0.1) is 23.2 Å². The Morgan fingerprint density at radius 2 is 2.23 bits per heavy atom. The highest BCUT2D eigenvalue weighted by Crippen LogP contribution is 2.39. The van der Waals surface area contributed by atoms with E-state index in [1.54, 1.807) is 6.08 Å². The largest absolute Gasteiger partial charge is 0.295 e. The Labute approximate surface area is 78.2 Å². The van der Waals surface area contributed by atoms with Crippen LogP contribution in [0.25, 0.3) is 0 Å². The van der Waals surface area contributed by atoms with Crippen LogP contribution in [-0.4, -0.2) is 5.78 Å². The van der Waals surface area contributed by atoms with Crippen molar-refractivity contribution in [3.63, 3.8) is 0 Å². The molecule has 2 nitrogen and oxygen atoms in total. The van der Waals surface area contributed by atoms with Crippen LogP contribution in [0.4, 0.5) is 0 Å². The van der Waals surface area contributed by atoms with E-state index in [1.807, 2.05) is 0 Å². The third-order valence-corrected chi connectivity index (χ3v) is 3.16. The molecular weight excluding hydrogens is 162 g/mol. The van der Waals surface area contributed by atoms with E-state index >= 15 is 0 Å². The fourth-order valence-corrected chi connectivity index (χ4v) is 2.47. The van der Waals surface area contributed by atoms with Gasteiger partial charge in [0.2, 0.25) is 0 Å². The Hall–Kier alpha value is -1.10. The molecule has 0 saturated heterocycles. The molecule has 0 N–H and O–H groups in total. The van der Waals surface area contributed by atoms with Gasteiger partial charge in [-0.3, -0.25) is 4.79 Å². The third kappa shape index (κ3) is 1.51.